The van der Waals surface area contributed by atoms with E-state index in [1.807, 2.05) is 17.0 Å². The molecule has 0 radical (unpaired) electrons. The zero-order valence-corrected chi connectivity index (χ0v) is 12.6. The second kappa shape index (κ2) is 7.87. The van der Waals surface area contributed by atoms with Crippen LogP contribution in [0.1, 0.15) is 11.1 Å². The summed E-state index contributed by atoms with van der Waals surface area (Å²) in [5.74, 6) is -2.77. The van der Waals surface area contributed by atoms with E-state index < -0.39 is 11.9 Å². The summed E-state index contributed by atoms with van der Waals surface area (Å²) in [6, 6.07) is 9.94. The standard InChI is InChI=1S/C13H11FN2.C4H4O4/c14-12-7-15-6-5-13(12)16-8-10-3-1-2-4-11(10)9-16;5-3(6)1-2-4(7)8/h1-7H,8-9H2;1-2H,(H,5,6)(H,7,8). The van der Waals surface area contributed by atoms with Crippen LogP contribution in [0.4, 0.5) is 10.1 Å². The van der Waals surface area contributed by atoms with Gasteiger partial charge >= 0.3 is 11.9 Å². The Bertz CT molecular complexity index is 736. The van der Waals surface area contributed by atoms with Gasteiger partial charge in [0.25, 0.3) is 0 Å². The maximum absolute atomic E-state index is 13.6. The first-order valence-electron chi connectivity index (χ1n) is 7.02. The van der Waals surface area contributed by atoms with Gasteiger partial charge in [0.2, 0.25) is 0 Å². The van der Waals surface area contributed by atoms with Gasteiger partial charge in [-0.25, -0.2) is 14.0 Å². The van der Waals surface area contributed by atoms with Gasteiger partial charge in [-0.1, -0.05) is 24.3 Å². The quantitative estimate of drug-likeness (QED) is 0.840. The van der Waals surface area contributed by atoms with Crippen molar-refractivity contribution in [3.05, 3.63) is 71.8 Å². The molecule has 0 fully saturated rings. The van der Waals surface area contributed by atoms with Crippen molar-refractivity contribution in [3.8, 4) is 0 Å². The Morgan fingerprint density at radius 1 is 1.04 bits per heavy atom. The Morgan fingerprint density at radius 3 is 2.04 bits per heavy atom. The van der Waals surface area contributed by atoms with Gasteiger partial charge in [0.1, 0.15) is 0 Å². The molecular weight excluding hydrogens is 315 g/mol. The van der Waals surface area contributed by atoms with E-state index in [9.17, 15) is 14.0 Å². The second-order valence-electron chi connectivity index (χ2n) is 4.96. The predicted octanol–water partition coefficient (Wildman–Crippen LogP) is 2.45. The Labute approximate surface area is 137 Å². The number of halogens is 1. The summed E-state index contributed by atoms with van der Waals surface area (Å²) in [5, 5.41) is 15.6. The molecule has 124 valence electrons. The highest BCUT2D eigenvalue weighted by Crippen LogP contribution is 2.29. The van der Waals surface area contributed by atoms with Crippen molar-refractivity contribution in [1.29, 1.82) is 0 Å². The topological polar surface area (TPSA) is 90.7 Å². The first kappa shape index (κ1) is 17.1. The Hall–Kier alpha value is -3.22. The molecule has 0 unspecified atom stereocenters. The number of pyridine rings is 1. The van der Waals surface area contributed by atoms with Crippen LogP contribution in [0.3, 0.4) is 0 Å². The molecule has 7 heteroatoms. The van der Waals surface area contributed by atoms with Gasteiger partial charge in [0.05, 0.1) is 11.9 Å². The summed E-state index contributed by atoms with van der Waals surface area (Å²) >= 11 is 0. The summed E-state index contributed by atoms with van der Waals surface area (Å²) in [6.07, 6.45) is 4.00. The Morgan fingerprint density at radius 2 is 1.58 bits per heavy atom. The molecule has 0 amide bonds. The highest BCUT2D eigenvalue weighted by atomic mass is 19.1. The van der Waals surface area contributed by atoms with Gasteiger partial charge in [0, 0.05) is 31.4 Å². The van der Waals surface area contributed by atoms with Crippen LogP contribution in [0.15, 0.2) is 54.9 Å². The lowest BCUT2D eigenvalue weighted by Gasteiger charge is -2.17. The number of carboxylic acid groups (broad SMARTS) is 2. The fraction of sp³-hybridized carbons (Fsp3) is 0.118. The van der Waals surface area contributed by atoms with E-state index in [0.29, 0.717) is 17.8 Å². The molecule has 1 aromatic heterocycles. The van der Waals surface area contributed by atoms with Gasteiger partial charge in [-0.3, -0.25) is 4.98 Å². The normalized spacial score (nSPS) is 12.5. The zero-order valence-electron chi connectivity index (χ0n) is 12.6. The third-order valence-corrected chi connectivity index (χ3v) is 3.30. The Kier molecular flexibility index (Phi) is 5.62. The lowest BCUT2D eigenvalue weighted by Crippen LogP contribution is -2.15. The van der Waals surface area contributed by atoms with Gasteiger partial charge in [-0.05, 0) is 17.2 Å². The first-order valence-corrected chi connectivity index (χ1v) is 7.02. The minimum absolute atomic E-state index is 0.254. The molecule has 0 bridgehead atoms. The molecule has 0 spiro atoms. The number of hydrogen-bond donors (Lipinski definition) is 2. The average molecular weight is 330 g/mol. The van der Waals surface area contributed by atoms with Gasteiger partial charge in [-0.15, -0.1) is 0 Å². The fourth-order valence-electron chi connectivity index (χ4n) is 2.27. The number of carbonyl (C=O) groups is 2. The third kappa shape index (κ3) is 4.64. The number of nitrogens with zero attached hydrogens (tertiary/aromatic N) is 2. The molecule has 0 atom stereocenters. The molecule has 3 rings (SSSR count). The van der Waals surface area contributed by atoms with Crippen LogP contribution in [0.25, 0.3) is 0 Å². The highest BCUT2D eigenvalue weighted by Gasteiger charge is 2.20. The van der Waals surface area contributed by atoms with E-state index in [0.717, 1.165) is 13.1 Å². The molecule has 2 heterocycles. The maximum atomic E-state index is 13.6. The fourth-order valence-corrected chi connectivity index (χ4v) is 2.27. The van der Waals surface area contributed by atoms with E-state index in [1.54, 1.807) is 12.3 Å². The van der Waals surface area contributed by atoms with E-state index >= 15 is 0 Å². The van der Waals surface area contributed by atoms with Crippen molar-refractivity contribution < 1.29 is 24.2 Å². The average Bonchev–Trinajstić information content (AvgIpc) is 2.97. The minimum atomic E-state index is -1.26. The van der Waals surface area contributed by atoms with Gasteiger partial charge in [0.15, 0.2) is 5.82 Å². The number of anilines is 1. The number of rotatable bonds is 3. The van der Waals surface area contributed by atoms with E-state index in [1.165, 1.54) is 17.3 Å². The lowest BCUT2D eigenvalue weighted by atomic mass is 10.1. The summed E-state index contributed by atoms with van der Waals surface area (Å²) < 4.78 is 13.6. The monoisotopic (exact) mass is 330 g/mol. The molecule has 0 saturated heterocycles. The molecule has 2 N–H and O–H groups in total. The largest absolute Gasteiger partial charge is 0.478 e. The summed E-state index contributed by atoms with van der Waals surface area (Å²) in [6.45, 7) is 1.55. The smallest absolute Gasteiger partial charge is 0.328 e. The highest BCUT2D eigenvalue weighted by molar-refractivity contribution is 5.89. The molecular formula is C17H15FN2O4. The van der Waals surface area contributed by atoms with Crippen molar-refractivity contribution >= 4 is 17.6 Å². The molecule has 1 aromatic carbocycles. The lowest BCUT2D eigenvalue weighted by molar-refractivity contribution is -0.134. The number of benzene rings is 1. The SMILES string of the molecule is Fc1cnccc1N1Cc2ccccc2C1.O=C(O)C=CC(=O)O. The van der Waals surface area contributed by atoms with Crippen LogP contribution in [-0.2, 0) is 22.7 Å². The molecule has 1 aliphatic heterocycles. The van der Waals surface area contributed by atoms with Crippen molar-refractivity contribution in [2.75, 3.05) is 4.90 Å². The molecule has 0 saturated carbocycles. The van der Waals surface area contributed by atoms with Crippen LogP contribution in [-0.4, -0.2) is 27.1 Å². The van der Waals surface area contributed by atoms with E-state index in [-0.39, 0.29) is 5.82 Å². The van der Waals surface area contributed by atoms with Crippen molar-refractivity contribution in [1.82, 2.24) is 4.98 Å². The Balaban J connectivity index is 0.000000224. The number of aromatic nitrogens is 1. The van der Waals surface area contributed by atoms with Crippen LogP contribution in [0, 0.1) is 5.82 Å². The first-order chi connectivity index (χ1) is 11.5. The van der Waals surface area contributed by atoms with Crippen molar-refractivity contribution in [2.45, 2.75) is 13.1 Å². The van der Waals surface area contributed by atoms with Gasteiger partial charge in [-0.2, -0.15) is 0 Å². The molecule has 2 aromatic rings. The van der Waals surface area contributed by atoms with Crippen LogP contribution in [0.5, 0.6) is 0 Å². The van der Waals surface area contributed by atoms with Gasteiger partial charge < -0.3 is 15.1 Å². The molecule has 24 heavy (non-hydrogen) atoms. The second-order valence-corrected chi connectivity index (χ2v) is 4.96. The minimum Gasteiger partial charge on any atom is -0.478 e. The van der Waals surface area contributed by atoms with Crippen LogP contribution >= 0.6 is 0 Å². The van der Waals surface area contributed by atoms with Crippen LogP contribution < -0.4 is 4.90 Å². The number of fused-ring (bicyclic) bond motifs is 1. The molecule has 0 aliphatic carbocycles. The predicted molar refractivity (Wildman–Crippen MR) is 84.9 cm³/mol. The third-order valence-electron chi connectivity index (χ3n) is 3.30. The maximum Gasteiger partial charge on any atom is 0.328 e. The van der Waals surface area contributed by atoms with E-state index in [4.69, 9.17) is 10.2 Å². The van der Waals surface area contributed by atoms with E-state index in [2.05, 4.69) is 17.1 Å². The summed E-state index contributed by atoms with van der Waals surface area (Å²) in [4.78, 5) is 24.9. The number of hydrogen-bond acceptors (Lipinski definition) is 4. The van der Waals surface area contributed by atoms with Crippen LogP contribution in [0.2, 0.25) is 0 Å². The number of aliphatic carboxylic acids is 2. The van der Waals surface area contributed by atoms with Crippen molar-refractivity contribution in [2.24, 2.45) is 0 Å². The summed E-state index contributed by atoms with van der Waals surface area (Å²) in [7, 11) is 0. The number of carboxylic acids is 2. The zero-order chi connectivity index (χ0) is 17.5. The molecule has 1 aliphatic rings. The van der Waals surface area contributed by atoms with Crippen molar-refractivity contribution in [3.63, 3.8) is 0 Å². The summed E-state index contributed by atoms with van der Waals surface area (Å²) in [5.41, 5.74) is 3.18. The molecule has 6 nitrogen and oxygen atoms in total.